The molecule has 0 rings (SSSR count). The Bertz CT molecular complexity index is 543. The normalized spacial score (nSPS) is 16.0. The molecular formula is C10H5F15O. The van der Waals surface area contributed by atoms with E-state index in [9.17, 15) is 70.7 Å². The monoisotopic (exact) mass is 426 g/mol. The lowest BCUT2D eigenvalue weighted by molar-refractivity contribution is -0.449. The highest BCUT2D eigenvalue weighted by molar-refractivity contribution is 5.86. The molecule has 0 heterocycles. The van der Waals surface area contributed by atoms with Gasteiger partial charge in [0.25, 0.3) is 0 Å². The fraction of sp³-hybridized carbons (Fsp3) is 0.900. The molecule has 0 saturated carbocycles. The molecule has 0 aliphatic carbocycles. The number of rotatable bonds is 7. The van der Waals surface area contributed by atoms with E-state index < -0.39 is 53.9 Å². The first-order valence-corrected chi connectivity index (χ1v) is 5.85. The number of halogens is 15. The molecule has 156 valence electrons. The molecule has 0 bridgehead atoms. The predicted octanol–water partition coefficient (Wildman–Crippen LogP) is 5.34. The summed E-state index contributed by atoms with van der Waals surface area (Å²) < 4.78 is 190. The molecule has 0 N–H and O–H groups in total. The third-order valence-corrected chi connectivity index (χ3v) is 3.00. The van der Waals surface area contributed by atoms with Crippen LogP contribution in [0.2, 0.25) is 0 Å². The van der Waals surface area contributed by atoms with Gasteiger partial charge in [0.2, 0.25) is 5.78 Å². The van der Waals surface area contributed by atoms with Gasteiger partial charge in [-0.15, -0.1) is 0 Å². The molecule has 0 saturated heterocycles. The van der Waals surface area contributed by atoms with Crippen molar-refractivity contribution in [3.8, 4) is 0 Å². The maximum absolute atomic E-state index is 13.1. The molecule has 0 radical (unpaired) electrons. The molecular weight excluding hydrogens is 421 g/mol. The van der Waals surface area contributed by atoms with Gasteiger partial charge in [0.1, 0.15) is 0 Å². The summed E-state index contributed by atoms with van der Waals surface area (Å²) in [7, 11) is 0. The number of alkyl halides is 15. The van der Waals surface area contributed by atoms with E-state index >= 15 is 0 Å². The third-order valence-electron chi connectivity index (χ3n) is 3.00. The SMILES string of the molecule is CCC(=O)C(F)(F)C(F)(F)C(F)(F)C(F)(F)C(F)(F)C(F)(F)C(F)(F)F. The first-order valence-electron chi connectivity index (χ1n) is 5.85. The Morgan fingerprint density at radius 1 is 0.538 bits per heavy atom. The minimum absolute atomic E-state index is 0.328. The summed E-state index contributed by atoms with van der Waals surface area (Å²) in [5.41, 5.74) is 0. The third kappa shape index (κ3) is 2.88. The van der Waals surface area contributed by atoms with Crippen molar-refractivity contribution in [3.05, 3.63) is 0 Å². The van der Waals surface area contributed by atoms with Crippen LogP contribution in [0.1, 0.15) is 13.3 Å². The van der Waals surface area contributed by atoms with Gasteiger partial charge in [-0.2, -0.15) is 65.9 Å². The average Bonchev–Trinajstić information content (AvgIpc) is 2.43. The second kappa shape index (κ2) is 6.07. The molecule has 0 spiro atoms. The number of ketones is 1. The van der Waals surface area contributed by atoms with E-state index in [0.29, 0.717) is 6.92 Å². The summed E-state index contributed by atoms with van der Waals surface area (Å²) in [6.07, 6.45) is -9.37. The maximum atomic E-state index is 13.1. The predicted molar refractivity (Wildman–Crippen MR) is 51.0 cm³/mol. The van der Waals surface area contributed by atoms with Crippen LogP contribution in [-0.4, -0.2) is 47.5 Å². The van der Waals surface area contributed by atoms with Crippen LogP contribution in [0.25, 0.3) is 0 Å². The van der Waals surface area contributed by atoms with Crippen LogP contribution in [0.3, 0.4) is 0 Å². The van der Waals surface area contributed by atoms with Crippen molar-refractivity contribution in [2.45, 2.75) is 55.1 Å². The zero-order valence-electron chi connectivity index (χ0n) is 11.8. The van der Waals surface area contributed by atoms with Gasteiger partial charge in [-0.25, -0.2) is 0 Å². The van der Waals surface area contributed by atoms with E-state index in [2.05, 4.69) is 0 Å². The Balaban J connectivity index is 6.56. The number of Topliss-reactive ketones (excluding diaryl/α,β-unsaturated/α-hetero) is 1. The smallest absolute Gasteiger partial charge is 0.293 e. The van der Waals surface area contributed by atoms with Crippen LogP contribution in [0, 0.1) is 0 Å². The van der Waals surface area contributed by atoms with Crippen molar-refractivity contribution in [2.75, 3.05) is 0 Å². The summed E-state index contributed by atoms with van der Waals surface area (Å²) in [4.78, 5) is 10.5. The van der Waals surface area contributed by atoms with Crippen LogP contribution < -0.4 is 0 Å². The van der Waals surface area contributed by atoms with Gasteiger partial charge in [0.15, 0.2) is 0 Å². The second-order valence-electron chi connectivity index (χ2n) is 4.72. The molecule has 0 fully saturated rings. The topological polar surface area (TPSA) is 17.1 Å². The van der Waals surface area contributed by atoms with Crippen molar-refractivity contribution in [2.24, 2.45) is 0 Å². The van der Waals surface area contributed by atoms with Crippen molar-refractivity contribution in [1.29, 1.82) is 0 Å². The minimum atomic E-state index is -8.36. The molecule has 26 heavy (non-hydrogen) atoms. The molecule has 0 amide bonds. The average molecular weight is 426 g/mol. The Morgan fingerprint density at radius 2 is 0.808 bits per heavy atom. The van der Waals surface area contributed by atoms with E-state index in [1.165, 1.54) is 0 Å². The van der Waals surface area contributed by atoms with Crippen LogP contribution in [0.4, 0.5) is 65.9 Å². The molecule has 0 aromatic rings. The highest BCUT2D eigenvalue weighted by atomic mass is 19.4. The van der Waals surface area contributed by atoms with E-state index in [-0.39, 0.29) is 0 Å². The van der Waals surface area contributed by atoms with Gasteiger partial charge in [0.05, 0.1) is 0 Å². The van der Waals surface area contributed by atoms with E-state index in [0.717, 1.165) is 0 Å². The van der Waals surface area contributed by atoms with Crippen molar-refractivity contribution >= 4 is 5.78 Å². The Morgan fingerprint density at radius 3 is 1.08 bits per heavy atom. The number of carbonyl (C=O) groups is 1. The van der Waals surface area contributed by atoms with E-state index in [1.54, 1.807) is 0 Å². The van der Waals surface area contributed by atoms with Crippen molar-refractivity contribution in [3.63, 3.8) is 0 Å². The summed E-state index contributed by atoms with van der Waals surface area (Å²) in [6.45, 7) is 0.328. The van der Waals surface area contributed by atoms with Crippen molar-refractivity contribution < 1.29 is 70.7 Å². The lowest BCUT2D eigenvalue weighted by Gasteiger charge is -2.41. The van der Waals surface area contributed by atoms with Crippen LogP contribution >= 0.6 is 0 Å². The fourth-order valence-corrected chi connectivity index (χ4v) is 1.36. The Kier molecular flexibility index (Phi) is 5.75. The second-order valence-corrected chi connectivity index (χ2v) is 4.72. The Hall–Kier alpha value is -1.38. The maximum Gasteiger partial charge on any atom is 0.460 e. The minimum Gasteiger partial charge on any atom is -0.293 e. The van der Waals surface area contributed by atoms with Gasteiger partial charge in [0, 0.05) is 6.42 Å². The zero-order valence-corrected chi connectivity index (χ0v) is 11.8. The Labute approximate surface area is 133 Å². The number of carbonyl (C=O) groups excluding carboxylic acids is 1. The van der Waals surface area contributed by atoms with E-state index in [1.807, 2.05) is 0 Å². The molecule has 0 unspecified atom stereocenters. The zero-order chi connectivity index (χ0) is 21.8. The molecule has 0 aromatic heterocycles. The first-order chi connectivity index (χ1) is 11.0. The largest absolute Gasteiger partial charge is 0.460 e. The van der Waals surface area contributed by atoms with Gasteiger partial charge in [-0.1, -0.05) is 6.92 Å². The number of hydrogen-bond acceptors (Lipinski definition) is 1. The summed E-state index contributed by atoms with van der Waals surface area (Å²) in [6, 6.07) is 0. The molecule has 1 nitrogen and oxygen atoms in total. The summed E-state index contributed by atoms with van der Waals surface area (Å²) in [5, 5.41) is 0. The van der Waals surface area contributed by atoms with Gasteiger partial charge >= 0.3 is 41.7 Å². The first kappa shape index (κ1) is 24.6. The van der Waals surface area contributed by atoms with Crippen LogP contribution in [0.5, 0.6) is 0 Å². The lowest BCUT2D eigenvalue weighted by atomic mass is 9.89. The number of hydrogen-bond donors (Lipinski definition) is 0. The van der Waals surface area contributed by atoms with Gasteiger partial charge < -0.3 is 0 Å². The molecule has 16 heteroatoms. The summed E-state index contributed by atoms with van der Waals surface area (Å²) >= 11 is 0. The highest BCUT2D eigenvalue weighted by Gasteiger charge is 2.93. The van der Waals surface area contributed by atoms with Crippen LogP contribution in [-0.2, 0) is 4.79 Å². The summed E-state index contributed by atoms with van der Waals surface area (Å²) in [5.74, 6) is -50.6. The van der Waals surface area contributed by atoms with Gasteiger partial charge in [-0.3, -0.25) is 4.79 Å². The fourth-order valence-electron chi connectivity index (χ4n) is 1.36. The van der Waals surface area contributed by atoms with Crippen molar-refractivity contribution in [1.82, 2.24) is 0 Å². The van der Waals surface area contributed by atoms with E-state index in [4.69, 9.17) is 0 Å². The molecule has 0 aliphatic heterocycles. The van der Waals surface area contributed by atoms with Crippen LogP contribution in [0.15, 0.2) is 0 Å². The highest BCUT2D eigenvalue weighted by Crippen LogP contribution is 2.62. The molecule has 0 aliphatic rings. The standard InChI is InChI=1S/C10H5F15O/c1-2-3(26)4(11,12)5(13,14)6(15,16)7(17,18)8(19,20)9(21,22)10(23,24)25/h2H2,1H3. The molecule has 0 atom stereocenters. The quantitative estimate of drug-likeness (QED) is 0.503. The molecule has 0 aromatic carbocycles. The van der Waals surface area contributed by atoms with Gasteiger partial charge in [-0.05, 0) is 0 Å². The lowest BCUT2D eigenvalue weighted by Crippen LogP contribution is -2.73.